The van der Waals surface area contributed by atoms with Gasteiger partial charge in [0.1, 0.15) is 0 Å². The Bertz CT molecular complexity index is 462. The van der Waals surface area contributed by atoms with Gasteiger partial charge in [-0.1, -0.05) is 42.6 Å². The standard InChI is InChI=1S/C17H25ClN2O.ClH/c1-19-12-6-11-17(21)20(15-8-3-4-9-15)13-14-7-2-5-10-16(14)18;/h2,5,7,10,15,19H,3-4,6,8-9,11-13H2,1H3;1H. The van der Waals surface area contributed by atoms with Gasteiger partial charge in [-0.2, -0.15) is 0 Å². The molecule has 5 heteroatoms. The van der Waals surface area contributed by atoms with Gasteiger partial charge in [0.2, 0.25) is 5.91 Å². The van der Waals surface area contributed by atoms with Gasteiger partial charge in [-0.05, 0) is 44.5 Å². The largest absolute Gasteiger partial charge is 0.335 e. The minimum Gasteiger partial charge on any atom is -0.335 e. The van der Waals surface area contributed by atoms with Crippen LogP contribution in [0.15, 0.2) is 24.3 Å². The number of nitrogens with zero attached hydrogens (tertiary/aromatic N) is 1. The third-order valence-corrected chi connectivity index (χ3v) is 4.57. The Kier molecular flexibility index (Phi) is 8.84. The van der Waals surface area contributed by atoms with Gasteiger partial charge in [-0.15, -0.1) is 12.4 Å². The van der Waals surface area contributed by atoms with E-state index in [4.69, 9.17) is 11.6 Å². The molecule has 0 spiro atoms. The first-order valence-corrected chi connectivity index (χ1v) is 8.27. The predicted octanol–water partition coefficient (Wildman–Crippen LogP) is 4.03. The average Bonchev–Trinajstić information content (AvgIpc) is 3.00. The quantitative estimate of drug-likeness (QED) is 0.757. The molecule has 1 amide bonds. The predicted molar refractivity (Wildman–Crippen MR) is 94.7 cm³/mol. The molecule has 1 aliphatic rings. The molecular weight excluding hydrogens is 319 g/mol. The molecule has 0 aromatic heterocycles. The number of amides is 1. The molecule has 2 rings (SSSR count). The molecule has 0 heterocycles. The summed E-state index contributed by atoms with van der Waals surface area (Å²) >= 11 is 6.26. The molecule has 1 N–H and O–H groups in total. The van der Waals surface area contributed by atoms with Crippen molar-refractivity contribution in [2.45, 2.75) is 51.1 Å². The van der Waals surface area contributed by atoms with Crippen LogP contribution in [0, 0.1) is 0 Å². The van der Waals surface area contributed by atoms with Crippen LogP contribution >= 0.6 is 24.0 Å². The molecule has 0 aliphatic heterocycles. The molecule has 1 aromatic rings. The van der Waals surface area contributed by atoms with E-state index in [0.29, 0.717) is 19.0 Å². The Labute approximate surface area is 144 Å². The summed E-state index contributed by atoms with van der Waals surface area (Å²) in [5.74, 6) is 0.261. The van der Waals surface area contributed by atoms with Crippen LogP contribution in [0.3, 0.4) is 0 Å². The van der Waals surface area contributed by atoms with Crippen LogP contribution in [0.4, 0.5) is 0 Å². The van der Waals surface area contributed by atoms with Gasteiger partial charge in [0.05, 0.1) is 0 Å². The van der Waals surface area contributed by atoms with E-state index in [1.807, 2.05) is 31.3 Å². The number of halogens is 2. The number of hydrogen-bond donors (Lipinski definition) is 1. The van der Waals surface area contributed by atoms with Gasteiger partial charge in [0.15, 0.2) is 0 Å². The third kappa shape index (κ3) is 5.45. The minimum absolute atomic E-state index is 0. The van der Waals surface area contributed by atoms with Gasteiger partial charge < -0.3 is 10.2 Å². The van der Waals surface area contributed by atoms with Crippen LogP contribution in [-0.4, -0.2) is 30.4 Å². The van der Waals surface area contributed by atoms with Crippen LogP contribution in [0.2, 0.25) is 5.02 Å². The molecule has 1 aliphatic carbocycles. The van der Waals surface area contributed by atoms with Gasteiger partial charge >= 0.3 is 0 Å². The molecule has 22 heavy (non-hydrogen) atoms. The maximum absolute atomic E-state index is 12.6. The van der Waals surface area contributed by atoms with Crippen molar-refractivity contribution in [1.29, 1.82) is 0 Å². The highest BCUT2D eigenvalue weighted by Crippen LogP contribution is 2.27. The van der Waals surface area contributed by atoms with Crippen LogP contribution in [-0.2, 0) is 11.3 Å². The Balaban J connectivity index is 0.00000242. The number of carbonyl (C=O) groups excluding carboxylic acids is 1. The maximum Gasteiger partial charge on any atom is 0.223 e. The summed E-state index contributed by atoms with van der Waals surface area (Å²) in [6.45, 7) is 1.53. The second-order valence-electron chi connectivity index (χ2n) is 5.76. The fourth-order valence-electron chi connectivity index (χ4n) is 3.01. The highest BCUT2D eigenvalue weighted by Gasteiger charge is 2.26. The second-order valence-corrected chi connectivity index (χ2v) is 6.17. The zero-order valence-corrected chi connectivity index (χ0v) is 14.8. The molecule has 0 bridgehead atoms. The summed E-state index contributed by atoms with van der Waals surface area (Å²) in [6.07, 6.45) is 6.22. The van der Waals surface area contributed by atoms with Gasteiger partial charge in [-0.25, -0.2) is 0 Å². The molecule has 1 saturated carbocycles. The fraction of sp³-hybridized carbons (Fsp3) is 0.588. The Morgan fingerprint density at radius 2 is 2.00 bits per heavy atom. The summed E-state index contributed by atoms with van der Waals surface area (Å²) in [5, 5.41) is 3.85. The number of benzene rings is 1. The van der Waals surface area contributed by atoms with Crippen molar-refractivity contribution in [1.82, 2.24) is 10.2 Å². The Morgan fingerprint density at radius 3 is 2.64 bits per heavy atom. The molecular formula is C17H26Cl2N2O. The van der Waals surface area contributed by atoms with Crippen LogP contribution in [0.1, 0.15) is 44.1 Å². The zero-order chi connectivity index (χ0) is 15.1. The number of hydrogen-bond acceptors (Lipinski definition) is 2. The third-order valence-electron chi connectivity index (χ3n) is 4.20. The SMILES string of the molecule is CNCCCC(=O)N(Cc1ccccc1Cl)C1CCCC1.Cl. The van der Waals surface area contributed by atoms with Crippen LogP contribution < -0.4 is 5.32 Å². The van der Waals surface area contributed by atoms with Gasteiger partial charge in [-0.3, -0.25) is 4.79 Å². The smallest absolute Gasteiger partial charge is 0.223 e. The van der Waals surface area contributed by atoms with Crippen LogP contribution in [0.5, 0.6) is 0 Å². The van der Waals surface area contributed by atoms with Gasteiger partial charge in [0.25, 0.3) is 0 Å². The van der Waals surface area contributed by atoms with E-state index in [9.17, 15) is 4.79 Å². The first kappa shape index (κ1) is 19.3. The van der Waals surface area contributed by atoms with E-state index in [0.717, 1.165) is 36.4 Å². The number of rotatable bonds is 7. The first-order chi connectivity index (χ1) is 10.2. The monoisotopic (exact) mass is 344 g/mol. The number of nitrogens with one attached hydrogen (secondary N) is 1. The van der Waals surface area contributed by atoms with Crippen molar-refractivity contribution in [3.05, 3.63) is 34.9 Å². The van der Waals surface area contributed by atoms with E-state index in [1.165, 1.54) is 12.8 Å². The van der Waals surface area contributed by atoms with Gasteiger partial charge in [0, 0.05) is 24.0 Å². The van der Waals surface area contributed by atoms with E-state index >= 15 is 0 Å². The fourth-order valence-corrected chi connectivity index (χ4v) is 3.20. The maximum atomic E-state index is 12.6. The average molecular weight is 345 g/mol. The molecule has 1 fully saturated rings. The normalized spacial score (nSPS) is 14.6. The van der Waals surface area contributed by atoms with Crippen molar-refractivity contribution in [3.8, 4) is 0 Å². The lowest BCUT2D eigenvalue weighted by Gasteiger charge is -2.29. The molecule has 1 aromatic carbocycles. The summed E-state index contributed by atoms with van der Waals surface area (Å²) in [7, 11) is 1.92. The molecule has 124 valence electrons. The molecule has 0 saturated heterocycles. The van der Waals surface area contributed by atoms with E-state index in [2.05, 4.69) is 10.2 Å². The highest BCUT2D eigenvalue weighted by molar-refractivity contribution is 6.31. The topological polar surface area (TPSA) is 32.3 Å². The Morgan fingerprint density at radius 1 is 1.32 bits per heavy atom. The zero-order valence-electron chi connectivity index (χ0n) is 13.2. The van der Waals surface area contributed by atoms with Crippen molar-refractivity contribution in [3.63, 3.8) is 0 Å². The van der Waals surface area contributed by atoms with E-state index < -0.39 is 0 Å². The summed E-state index contributed by atoms with van der Waals surface area (Å²) < 4.78 is 0. The number of carbonyl (C=O) groups is 1. The minimum atomic E-state index is 0. The summed E-state index contributed by atoms with van der Waals surface area (Å²) in [4.78, 5) is 14.6. The van der Waals surface area contributed by atoms with Crippen molar-refractivity contribution >= 4 is 29.9 Å². The summed E-state index contributed by atoms with van der Waals surface area (Å²) in [5.41, 5.74) is 1.05. The first-order valence-electron chi connectivity index (χ1n) is 7.90. The van der Waals surface area contributed by atoms with Crippen LogP contribution in [0.25, 0.3) is 0 Å². The molecule has 0 atom stereocenters. The molecule has 0 unspecified atom stereocenters. The summed E-state index contributed by atoms with van der Waals surface area (Å²) in [6, 6.07) is 8.23. The lowest BCUT2D eigenvalue weighted by molar-refractivity contribution is -0.134. The van der Waals surface area contributed by atoms with Crippen molar-refractivity contribution in [2.75, 3.05) is 13.6 Å². The van der Waals surface area contributed by atoms with Crippen molar-refractivity contribution in [2.24, 2.45) is 0 Å². The second kappa shape index (κ2) is 10.1. The lowest BCUT2D eigenvalue weighted by atomic mass is 10.1. The van der Waals surface area contributed by atoms with Crippen molar-refractivity contribution < 1.29 is 4.79 Å². The lowest BCUT2D eigenvalue weighted by Crippen LogP contribution is -2.38. The van der Waals surface area contributed by atoms with E-state index in [1.54, 1.807) is 0 Å². The molecule has 0 radical (unpaired) electrons. The molecule has 3 nitrogen and oxygen atoms in total. The highest BCUT2D eigenvalue weighted by atomic mass is 35.5. The Hall–Kier alpha value is -0.770. The van der Waals surface area contributed by atoms with E-state index in [-0.39, 0.29) is 18.3 Å².